The van der Waals surface area contributed by atoms with Gasteiger partial charge < -0.3 is 20.9 Å². The minimum Gasteiger partial charge on any atom is -0.494 e. The van der Waals surface area contributed by atoms with Crippen molar-refractivity contribution in [2.45, 2.75) is 39.5 Å². The minimum absolute atomic E-state index is 0.109. The molecule has 1 amide bonds. The second kappa shape index (κ2) is 5.49. The van der Waals surface area contributed by atoms with Crippen LogP contribution in [0.4, 0.5) is 11.4 Å². The minimum atomic E-state index is -1.10. The van der Waals surface area contributed by atoms with Crippen molar-refractivity contribution in [3.05, 3.63) is 35.7 Å². The van der Waals surface area contributed by atoms with E-state index in [0.717, 1.165) is 0 Å². The molecule has 1 aromatic carbocycles. The number of anilines is 2. The van der Waals surface area contributed by atoms with E-state index in [1.165, 1.54) is 4.90 Å². The Morgan fingerprint density at radius 3 is 2.48 bits per heavy atom. The number of nitrogens with two attached hydrogens (primary N) is 1. The summed E-state index contributed by atoms with van der Waals surface area (Å²) in [6.45, 7) is 7.60. The number of ketones is 1. The molecule has 7 heteroatoms. The van der Waals surface area contributed by atoms with E-state index in [2.05, 4.69) is 5.32 Å². The quantitative estimate of drug-likeness (QED) is 0.328. The number of rotatable bonds is 2. The lowest BCUT2D eigenvalue weighted by Gasteiger charge is -2.34. The molecule has 134 valence electrons. The molecule has 25 heavy (non-hydrogen) atoms. The van der Waals surface area contributed by atoms with Crippen molar-refractivity contribution >= 4 is 23.1 Å². The van der Waals surface area contributed by atoms with Crippen molar-refractivity contribution in [3.63, 3.8) is 0 Å². The summed E-state index contributed by atoms with van der Waals surface area (Å²) in [5.41, 5.74) is 5.04. The molecule has 4 N–H and O–H groups in total. The Morgan fingerprint density at radius 1 is 1.32 bits per heavy atom. The number of carbonyl (C=O) groups excluding carboxylic acids is 2. The number of hydrogen-bond donors (Lipinski definition) is 3. The first kappa shape index (κ1) is 17.3. The molecule has 0 aromatic heterocycles. The third-order valence-corrected chi connectivity index (χ3v) is 4.59. The van der Waals surface area contributed by atoms with Crippen LogP contribution in [0.1, 0.15) is 27.7 Å². The fourth-order valence-electron chi connectivity index (χ4n) is 3.25. The molecule has 0 unspecified atom stereocenters. The molecule has 3 rings (SSSR count). The van der Waals surface area contributed by atoms with Crippen LogP contribution in [0.3, 0.4) is 0 Å². The van der Waals surface area contributed by atoms with Crippen LogP contribution in [-0.2, 0) is 14.3 Å². The van der Waals surface area contributed by atoms with E-state index in [9.17, 15) is 14.7 Å². The lowest BCUT2D eigenvalue weighted by Crippen LogP contribution is -2.50. The van der Waals surface area contributed by atoms with Gasteiger partial charge in [-0.2, -0.15) is 0 Å². The Kier molecular flexibility index (Phi) is 3.79. The predicted octanol–water partition coefficient (Wildman–Crippen LogP) is 2.02. The smallest absolute Gasteiger partial charge is 0.266 e. The molecule has 2 heterocycles. The third kappa shape index (κ3) is 2.64. The molecule has 2 aliphatic rings. The first-order chi connectivity index (χ1) is 11.6. The number of hydrogen-bond acceptors (Lipinski definition) is 6. The van der Waals surface area contributed by atoms with Gasteiger partial charge in [-0.3, -0.25) is 14.5 Å². The van der Waals surface area contributed by atoms with Crippen molar-refractivity contribution in [1.82, 2.24) is 4.90 Å². The van der Waals surface area contributed by atoms with Gasteiger partial charge in [0, 0.05) is 16.8 Å². The van der Waals surface area contributed by atoms with Crippen LogP contribution in [-0.4, -0.2) is 40.1 Å². The highest BCUT2D eigenvalue weighted by atomic mass is 16.5. The number of ether oxygens (including phenoxy) is 1. The average molecular weight is 345 g/mol. The van der Waals surface area contributed by atoms with Gasteiger partial charge in [0.2, 0.25) is 11.7 Å². The van der Waals surface area contributed by atoms with E-state index in [1.54, 1.807) is 31.2 Å². The maximum absolute atomic E-state index is 12.9. The number of nitrogens with one attached hydrogen (secondary N) is 1. The van der Waals surface area contributed by atoms with Crippen molar-refractivity contribution in [1.29, 1.82) is 0 Å². The summed E-state index contributed by atoms with van der Waals surface area (Å²) in [5, 5.41) is 13.1. The Bertz CT molecular complexity index is 764. The second-order valence-electron chi connectivity index (χ2n) is 7.78. The molecule has 0 aliphatic carbocycles. The largest absolute Gasteiger partial charge is 0.494 e. The van der Waals surface area contributed by atoms with E-state index < -0.39 is 29.3 Å². The number of benzene rings is 1. The van der Waals surface area contributed by atoms with Crippen LogP contribution in [0.5, 0.6) is 0 Å². The molecule has 2 saturated heterocycles. The van der Waals surface area contributed by atoms with Crippen LogP contribution in [0.15, 0.2) is 35.7 Å². The van der Waals surface area contributed by atoms with Crippen LogP contribution < -0.4 is 11.1 Å². The van der Waals surface area contributed by atoms with Crippen molar-refractivity contribution in [2.75, 3.05) is 17.7 Å². The van der Waals surface area contributed by atoms with Crippen molar-refractivity contribution in [2.24, 2.45) is 5.41 Å². The third-order valence-electron chi connectivity index (χ3n) is 4.59. The van der Waals surface area contributed by atoms with Crippen molar-refractivity contribution < 1.29 is 19.4 Å². The summed E-state index contributed by atoms with van der Waals surface area (Å²) in [4.78, 5) is 27.2. The molecule has 7 nitrogen and oxygen atoms in total. The number of aliphatic hydroxyl groups excluding tert-OH is 1. The fourth-order valence-corrected chi connectivity index (χ4v) is 3.25. The molecule has 2 atom stereocenters. The maximum Gasteiger partial charge on any atom is 0.266 e. The van der Waals surface area contributed by atoms with E-state index in [4.69, 9.17) is 10.5 Å². The Morgan fingerprint density at radius 2 is 1.92 bits per heavy atom. The van der Waals surface area contributed by atoms with E-state index in [-0.39, 0.29) is 17.6 Å². The molecule has 2 fully saturated rings. The molecular formula is C18H23N3O4. The van der Waals surface area contributed by atoms with Crippen LogP contribution in [0.2, 0.25) is 0 Å². The van der Waals surface area contributed by atoms with Gasteiger partial charge in [-0.05, 0) is 31.2 Å². The summed E-state index contributed by atoms with van der Waals surface area (Å²) in [6, 6.07) is 6.61. The highest BCUT2D eigenvalue weighted by Crippen LogP contribution is 2.44. The standard InChI is InChI=1S/C18H23N3O4/c1-17(2,3)16-21-15(24)12(13(22)18(21,4)9-25-16)14(23)20-11-7-5-10(19)6-8-11/h5-8,16,20,23H,9,19H2,1-4H3/b14-12-/t16-,18-/m1/s1. The zero-order chi connectivity index (χ0) is 18.6. The summed E-state index contributed by atoms with van der Waals surface area (Å²) in [5.74, 6) is -1.42. The molecular weight excluding hydrogens is 322 g/mol. The van der Waals surface area contributed by atoms with E-state index in [0.29, 0.717) is 11.4 Å². The zero-order valence-corrected chi connectivity index (χ0v) is 14.8. The average Bonchev–Trinajstić information content (AvgIpc) is 2.96. The monoisotopic (exact) mass is 345 g/mol. The SMILES string of the molecule is CC(C)(C)[C@H]1OC[C@]2(C)C(=O)/C(=C(/O)Nc3ccc(N)cc3)C(=O)N12. The Balaban J connectivity index is 1.97. The molecule has 2 aliphatic heterocycles. The number of nitrogens with zero attached hydrogens (tertiary/aromatic N) is 1. The van der Waals surface area contributed by atoms with Gasteiger partial charge in [-0.15, -0.1) is 0 Å². The van der Waals surface area contributed by atoms with E-state index >= 15 is 0 Å². The van der Waals surface area contributed by atoms with Crippen LogP contribution in [0, 0.1) is 5.41 Å². The predicted molar refractivity (Wildman–Crippen MR) is 93.6 cm³/mol. The van der Waals surface area contributed by atoms with Gasteiger partial charge in [0.15, 0.2) is 0 Å². The van der Waals surface area contributed by atoms with Gasteiger partial charge in [0.1, 0.15) is 17.3 Å². The van der Waals surface area contributed by atoms with Crippen molar-refractivity contribution in [3.8, 4) is 0 Å². The summed E-state index contributed by atoms with van der Waals surface area (Å²) in [7, 11) is 0. The van der Waals surface area contributed by atoms with Crippen LogP contribution >= 0.6 is 0 Å². The summed E-state index contributed by atoms with van der Waals surface area (Å²) in [6.07, 6.45) is -0.532. The molecule has 0 radical (unpaired) electrons. The number of Topliss-reactive ketones (excluding diaryl/α,β-unsaturated/α-hetero) is 1. The fraction of sp³-hybridized carbons (Fsp3) is 0.444. The lowest BCUT2D eigenvalue weighted by molar-refractivity contribution is -0.139. The normalized spacial score (nSPS) is 28.3. The number of carbonyl (C=O) groups is 2. The molecule has 0 saturated carbocycles. The molecule has 1 aromatic rings. The van der Waals surface area contributed by atoms with Gasteiger partial charge >= 0.3 is 0 Å². The number of aliphatic hydroxyl groups is 1. The van der Waals surface area contributed by atoms with E-state index in [1.807, 2.05) is 20.8 Å². The van der Waals surface area contributed by atoms with Gasteiger partial charge in [-0.25, -0.2) is 0 Å². The maximum atomic E-state index is 12.9. The Hall–Kier alpha value is -2.54. The highest BCUT2D eigenvalue weighted by Gasteiger charge is 2.62. The Labute approximate surface area is 146 Å². The van der Waals surface area contributed by atoms with Crippen LogP contribution in [0.25, 0.3) is 0 Å². The zero-order valence-electron chi connectivity index (χ0n) is 14.8. The molecule has 0 spiro atoms. The number of fused-ring (bicyclic) bond motifs is 1. The second-order valence-corrected chi connectivity index (χ2v) is 7.78. The van der Waals surface area contributed by atoms with Gasteiger partial charge in [0.05, 0.1) is 6.61 Å². The van der Waals surface area contributed by atoms with Gasteiger partial charge in [0.25, 0.3) is 5.91 Å². The first-order valence-corrected chi connectivity index (χ1v) is 8.11. The summed E-state index contributed by atoms with van der Waals surface area (Å²) < 4.78 is 5.73. The summed E-state index contributed by atoms with van der Waals surface area (Å²) >= 11 is 0. The first-order valence-electron chi connectivity index (χ1n) is 8.11. The number of amides is 1. The topological polar surface area (TPSA) is 105 Å². The van der Waals surface area contributed by atoms with Gasteiger partial charge in [-0.1, -0.05) is 20.8 Å². The lowest BCUT2D eigenvalue weighted by atomic mass is 9.92. The highest BCUT2D eigenvalue weighted by molar-refractivity contribution is 6.29. The molecule has 0 bridgehead atoms. The number of nitrogen functional groups attached to an aromatic ring is 1.